The lowest BCUT2D eigenvalue weighted by molar-refractivity contribution is -0.116. The van der Waals surface area contributed by atoms with E-state index in [4.69, 9.17) is 5.11 Å². The summed E-state index contributed by atoms with van der Waals surface area (Å²) in [6.45, 7) is 0.00574. The van der Waals surface area contributed by atoms with Crippen molar-refractivity contribution >= 4 is 11.6 Å². The second kappa shape index (κ2) is 6.55. The van der Waals surface area contributed by atoms with Crippen molar-refractivity contribution in [1.29, 1.82) is 0 Å². The molecule has 0 aromatic heterocycles. The van der Waals surface area contributed by atoms with Crippen LogP contribution in [0.4, 0.5) is 5.69 Å². The zero-order chi connectivity index (χ0) is 12.8. The molecule has 1 aliphatic rings. The molecular weight excluding hydrogens is 226 g/mol. The first-order valence-corrected chi connectivity index (χ1v) is 6.77. The molecule has 1 aliphatic carbocycles. The van der Waals surface area contributed by atoms with Gasteiger partial charge in [-0.2, -0.15) is 0 Å². The number of carbonyl (C=O) groups excluding carboxylic acids is 1. The van der Waals surface area contributed by atoms with Crippen LogP contribution in [0.3, 0.4) is 0 Å². The average Bonchev–Trinajstić information content (AvgIpc) is 2.90. The maximum absolute atomic E-state index is 11.8. The quantitative estimate of drug-likeness (QED) is 0.840. The molecule has 3 nitrogen and oxygen atoms in total. The lowest BCUT2D eigenvalue weighted by Gasteiger charge is -2.09. The second-order valence-electron chi connectivity index (χ2n) is 5.10. The largest absolute Gasteiger partial charge is 0.392 e. The highest BCUT2D eigenvalue weighted by Crippen LogP contribution is 2.28. The highest BCUT2D eigenvalue weighted by molar-refractivity contribution is 5.90. The van der Waals surface area contributed by atoms with Crippen molar-refractivity contribution < 1.29 is 9.90 Å². The molecule has 0 radical (unpaired) electrons. The van der Waals surface area contributed by atoms with Crippen LogP contribution in [0.15, 0.2) is 24.3 Å². The third-order valence-electron chi connectivity index (χ3n) is 3.65. The van der Waals surface area contributed by atoms with Gasteiger partial charge >= 0.3 is 0 Å². The van der Waals surface area contributed by atoms with Gasteiger partial charge in [-0.05, 0) is 30.0 Å². The predicted molar refractivity (Wildman–Crippen MR) is 72.2 cm³/mol. The summed E-state index contributed by atoms with van der Waals surface area (Å²) in [5, 5.41) is 11.9. The molecule has 0 aliphatic heterocycles. The molecule has 18 heavy (non-hydrogen) atoms. The number of carbonyl (C=O) groups is 1. The first-order valence-electron chi connectivity index (χ1n) is 6.77. The maximum atomic E-state index is 11.8. The summed E-state index contributed by atoms with van der Waals surface area (Å²) in [6, 6.07) is 7.35. The van der Waals surface area contributed by atoms with Crippen molar-refractivity contribution in [2.45, 2.75) is 45.1 Å². The second-order valence-corrected chi connectivity index (χ2v) is 5.10. The van der Waals surface area contributed by atoms with E-state index in [-0.39, 0.29) is 12.5 Å². The van der Waals surface area contributed by atoms with Gasteiger partial charge in [0.2, 0.25) is 5.91 Å². The monoisotopic (exact) mass is 247 g/mol. The van der Waals surface area contributed by atoms with Gasteiger partial charge in [0.15, 0.2) is 0 Å². The Morgan fingerprint density at radius 2 is 2.11 bits per heavy atom. The van der Waals surface area contributed by atoms with Gasteiger partial charge in [0.1, 0.15) is 0 Å². The Labute approximate surface area is 108 Å². The molecule has 98 valence electrons. The van der Waals surface area contributed by atoms with E-state index in [9.17, 15) is 4.79 Å². The van der Waals surface area contributed by atoms with Crippen LogP contribution in [0.2, 0.25) is 0 Å². The molecule has 0 atom stereocenters. The van der Waals surface area contributed by atoms with Gasteiger partial charge in [0, 0.05) is 12.1 Å². The number of nitrogens with one attached hydrogen (secondary N) is 1. The molecule has 2 N–H and O–H groups in total. The molecule has 1 aromatic carbocycles. The van der Waals surface area contributed by atoms with E-state index in [2.05, 4.69) is 5.32 Å². The molecule has 0 spiro atoms. The minimum absolute atomic E-state index is 0.00574. The molecule has 0 bridgehead atoms. The third-order valence-corrected chi connectivity index (χ3v) is 3.65. The molecule has 0 saturated heterocycles. The number of benzene rings is 1. The van der Waals surface area contributed by atoms with Gasteiger partial charge in [0.25, 0.3) is 0 Å². The first kappa shape index (κ1) is 13.1. The van der Waals surface area contributed by atoms with Crippen molar-refractivity contribution in [2.75, 3.05) is 5.32 Å². The third kappa shape index (κ3) is 3.84. The smallest absolute Gasteiger partial charge is 0.224 e. The van der Waals surface area contributed by atoms with Crippen LogP contribution in [0.25, 0.3) is 0 Å². The standard InChI is InChI=1S/C15H21NO2/c17-11-13-6-3-7-14(10-13)16-15(18)9-8-12-4-1-2-5-12/h3,6-7,10,12,17H,1-2,4-5,8-9,11H2,(H,16,18). The van der Waals surface area contributed by atoms with Gasteiger partial charge in [-0.15, -0.1) is 0 Å². The number of aliphatic hydroxyl groups excluding tert-OH is 1. The van der Waals surface area contributed by atoms with E-state index >= 15 is 0 Å². The van der Waals surface area contributed by atoms with Gasteiger partial charge in [-0.1, -0.05) is 37.8 Å². The number of aliphatic hydroxyl groups is 1. The molecule has 0 heterocycles. The normalized spacial score (nSPS) is 15.8. The summed E-state index contributed by atoms with van der Waals surface area (Å²) in [5.74, 6) is 0.830. The summed E-state index contributed by atoms with van der Waals surface area (Å²) < 4.78 is 0. The molecule has 3 heteroatoms. The van der Waals surface area contributed by atoms with Crippen molar-refractivity contribution in [3.63, 3.8) is 0 Å². The molecule has 1 amide bonds. The van der Waals surface area contributed by atoms with E-state index in [1.807, 2.05) is 24.3 Å². The zero-order valence-electron chi connectivity index (χ0n) is 10.7. The summed E-state index contributed by atoms with van der Waals surface area (Å²) in [4.78, 5) is 11.8. The van der Waals surface area contributed by atoms with E-state index in [1.165, 1.54) is 25.7 Å². The maximum Gasteiger partial charge on any atom is 0.224 e. The van der Waals surface area contributed by atoms with E-state index in [1.54, 1.807) is 0 Å². The minimum atomic E-state index is 0.00574. The first-order chi connectivity index (χ1) is 8.78. The summed E-state index contributed by atoms with van der Waals surface area (Å²) in [7, 11) is 0. The van der Waals surface area contributed by atoms with Crippen molar-refractivity contribution in [3.8, 4) is 0 Å². The predicted octanol–water partition coefficient (Wildman–Crippen LogP) is 3.09. The average molecular weight is 247 g/mol. The molecular formula is C15H21NO2. The zero-order valence-corrected chi connectivity index (χ0v) is 10.7. The lowest BCUT2D eigenvalue weighted by atomic mass is 10.0. The highest BCUT2D eigenvalue weighted by atomic mass is 16.3. The van der Waals surface area contributed by atoms with E-state index in [0.29, 0.717) is 6.42 Å². The topological polar surface area (TPSA) is 49.3 Å². The minimum Gasteiger partial charge on any atom is -0.392 e. The number of rotatable bonds is 5. The van der Waals surface area contributed by atoms with Crippen LogP contribution >= 0.6 is 0 Å². The Kier molecular flexibility index (Phi) is 4.76. The Hall–Kier alpha value is -1.35. The van der Waals surface area contributed by atoms with E-state index in [0.717, 1.165) is 23.6 Å². The summed E-state index contributed by atoms with van der Waals surface area (Å²) >= 11 is 0. The molecule has 1 aromatic rings. The van der Waals surface area contributed by atoms with Gasteiger partial charge in [-0.25, -0.2) is 0 Å². The highest BCUT2D eigenvalue weighted by Gasteiger charge is 2.16. The Morgan fingerprint density at radius 1 is 1.33 bits per heavy atom. The van der Waals surface area contributed by atoms with Gasteiger partial charge in [0.05, 0.1) is 6.61 Å². The lowest BCUT2D eigenvalue weighted by Crippen LogP contribution is -2.12. The number of hydrogen-bond donors (Lipinski definition) is 2. The number of hydrogen-bond acceptors (Lipinski definition) is 2. The summed E-state index contributed by atoms with van der Waals surface area (Å²) in [6.07, 6.45) is 6.83. The molecule has 0 unspecified atom stereocenters. The fraction of sp³-hybridized carbons (Fsp3) is 0.533. The number of amides is 1. The Morgan fingerprint density at radius 3 is 2.83 bits per heavy atom. The Bertz CT molecular complexity index is 397. The van der Waals surface area contributed by atoms with Crippen LogP contribution in [-0.4, -0.2) is 11.0 Å². The fourth-order valence-electron chi connectivity index (χ4n) is 2.61. The fourth-order valence-corrected chi connectivity index (χ4v) is 2.61. The van der Waals surface area contributed by atoms with Crippen LogP contribution < -0.4 is 5.32 Å². The summed E-state index contributed by atoms with van der Waals surface area (Å²) in [5.41, 5.74) is 1.60. The van der Waals surface area contributed by atoms with E-state index < -0.39 is 0 Å². The molecule has 1 fully saturated rings. The van der Waals surface area contributed by atoms with Crippen LogP contribution in [0, 0.1) is 5.92 Å². The van der Waals surface area contributed by atoms with Crippen molar-refractivity contribution in [3.05, 3.63) is 29.8 Å². The van der Waals surface area contributed by atoms with Crippen LogP contribution in [0.5, 0.6) is 0 Å². The van der Waals surface area contributed by atoms with Crippen LogP contribution in [-0.2, 0) is 11.4 Å². The SMILES string of the molecule is O=C(CCC1CCCC1)Nc1cccc(CO)c1. The number of anilines is 1. The Balaban J connectivity index is 1.78. The van der Waals surface area contributed by atoms with Gasteiger partial charge in [-0.3, -0.25) is 4.79 Å². The van der Waals surface area contributed by atoms with Crippen LogP contribution in [0.1, 0.15) is 44.1 Å². The molecule has 2 rings (SSSR count). The van der Waals surface area contributed by atoms with Crippen molar-refractivity contribution in [2.24, 2.45) is 5.92 Å². The van der Waals surface area contributed by atoms with Gasteiger partial charge < -0.3 is 10.4 Å². The van der Waals surface area contributed by atoms with Crippen molar-refractivity contribution in [1.82, 2.24) is 0 Å². The molecule has 1 saturated carbocycles.